The molecule has 1 aliphatic heterocycles. The zero-order valence-electron chi connectivity index (χ0n) is 12.2. The lowest BCUT2D eigenvalue weighted by molar-refractivity contribution is 0.559. The fraction of sp³-hybridized carbons (Fsp3) is 0.235. The van der Waals surface area contributed by atoms with E-state index >= 15 is 0 Å². The summed E-state index contributed by atoms with van der Waals surface area (Å²) >= 11 is 0. The van der Waals surface area contributed by atoms with E-state index in [1.165, 1.54) is 24.3 Å². The van der Waals surface area contributed by atoms with Crippen LogP contribution in [0, 0.1) is 11.6 Å². The van der Waals surface area contributed by atoms with Crippen molar-refractivity contribution in [3.8, 4) is 0 Å². The highest BCUT2D eigenvalue weighted by molar-refractivity contribution is 5.83. The number of hydrogen-bond acceptors (Lipinski definition) is 1. The number of hydrogen-bond donors (Lipinski definition) is 2. The zero-order chi connectivity index (χ0) is 15.5. The number of guanidine groups is 1. The highest BCUT2D eigenvalue weighted by Gasteiger charge is 2.28. The van der Waals surface area contributed by atoms with Crippen LogP contribution in [0.25, 0.3) is 0 Å². The van der Waals surface area contributed by atoms with Gasteiger partial charge in [-0.1, -0.05) is 24.3 Å². The molecule has 1 heterocycles. The lowest BCUT2D eigenvalue weighted by Crippen LogP contribution is -2.26. The van der Waals surface area contributed by atoms with Crippen LogP contribution in [0.2, 0.25) is 0 Å². The Bertz CT molecular complexity index is 683. The molecule has 0 bridgehead atoms. The van der Waals surface area contributed by atoms with E-state index in [1.807, 2.05) is 13.0 Å². The maximum absolute atomic E-state index is 13.3. The molecular weight excluding hydrogens is 284 g/mol. The average Bonchev–Trinajstić information content (AvgIpc) is 2.88. The van der Waals surface area contributed by atoms with E-state index in [0.29, 0.717) is 12.5 Å². The summed E-state index contributed by atoms with van der Waals surface area (Å²) in [4.78, 5) is 4.45. The molecule has 2 aromatic carbocycles. The third kappa shape index (κ3) is 3.24. The predicted octanol–water partition coefficient (Wildman–Crippen LogP) is 3.14. The molecule has 3 rings (SSSR count). The van der Waals surface area contributed by atoms with Gasteiger partial charge in [0.1, 0.15) is 11.6 Å². The number of rotatable bonds is 3. The van der Waals surface area contributed by atoms with Gasteiger partial charge in [-0.15, -0.1) is 0 Å². The van der Waals surface area contributed by atoms with Gasteiger partial charge in [0.15, 0.2) is 5.96 Å². The second-order valence-corrected chi connectivity index (χ2v) is 5.40. The minimum atomic E-state index is -0.256. The minimum absolute atomic E-state index is 0.0253. The number of nitrogens with zero attached hydrogens (tertiary/aromatic N) is 1. The first-order valence-electron chi connectivity index (χ1n) is 7.19. The summed E-state index contributed by atoms with van der Waals surface area (Å²) < 4.78 is 26.2. The summed E-state index contributed by atoms with van der Waals surface area (Å²) in [7, 11) is 0. The molecule has 0 amide bonds. The second-order valence-electron chi connectivity index (χ2n) is 5.40. The highest BCUT2D eigenvalue weighted by atomic mass is 19.1. The van der Waals surface area contributed by atoms with Crippen molar-refractivity contribution in [2.45, 2.75) is 25.6 Å². The van der Waals surface area contributed by atoms with Gasteiger partial charge < -0.3 is 10.6 Å². The van der Waals surface area contributed by atoms with Gasteiger partial charge in [-0.2, -0.15) is 0 Å². The molecule has 114 valence electrons. The molecule has 0 spiro atoms. The molecule has 2 aromatic rings. The lowest BCUT2D eigenvalue weighted by atomic mass is 10.0. The summed E-state index contributed by atoms with van der Waals surface area (Å²) in [6.45, 7) is 2.47. The molecule has 1 fully saturated rings. The average molecular weight is 301 g/mol. The number of aliphatic imine (C=N–C) groups is 1. The van der Waals surface area contributed by atoms with Gasteiger partial charge in [-0.25, -0.2) is 13.8 Å². The van der Waals surface area contributed by atoms with Crippen LogP contribution in [0.3, 0.4) is 0 Å². The quantitative estimate of drug-likeness (QED) is 0.914. The molecule has 2 atom stereocenters. The fourth-order valence-electron chi connectivity index (χ4n) is 2.54. The Morgan fingerprint density at radius 1 is 1.00 bits per heavy atom. The molecule has 1 saturated heterocycles. The maximum Gasteiger partial charge on any atom is 0.192 e. The van der Waals surface area contributed by atoms with Gasteiger partial charge in [-0.3, -0.25) is 0 Å². The monoisotopic (exact) mass is 301 g/mol. The zero-order valence-corrected chi connectivity index (χ0v) is 12.2. The highest BCUT2D eigenvalue weighted by Crippen LogP contribution is 2.21. The number of halogens is 2. The molecule has 1 aliphatic rings. The molecule has 3 nitrogen and oxygen atoms in total. The van der Waals surface area contributed by atoms with Gasteiger partial charge >= 0.3 is 0 Å². The van der Waals surface area contributed by atoms with Crippen LogP contribution in [0.4, 0.5) is 8.78 Å². The van der Waals surface area contributed by atoms with Crippen LogP contribution in [0.5, 0.6) is 0 Å². The van der Waals surface area contributed by atoms with E-state index in [0.717, 1.165) is 11.1 Å². The summed E-state index contributed by atoms with van der Waals surface area (Å²) in [5.41, 5.74) is 1.81. The SMILES string of the molecule is CC1NC(=NCc2ccc(F)cc2)N[C@@H]1c1cccc(F)c1. The van der Waals surface area contributed by atoms with Gasteiger partial charge in [0, 0.05) is 0 Å². The Kier molecular flexibility index (Phi) is 4.04. The molecule has 1 unspecified atom stereocenters. The van der Waals surface area contributed by atoms with Crippen molar-refractivity contribution in [2.75, 3.05) is 0 Å². The van der Waals surface area contributed by atoms with Crippen LogP contribution >= 0.6 is 0 Å². The normalized spacial score (nSPS) is 22.4. The summed E-state index contributed by atoms with van der Waals surface area (Å²) in [5.74, 6) is 0.169. The fourth-order valence-corrected chi connectivity index (χ4v) is 2.54. The van der Waals surface area contributed by atoms with Crippen molar-refractivity contribution in [1.82, 2.24) is 10.6 Å². The first-order chi connectivity index (χ1) is 10.6. The van der Waals surface area contributed by atoms with Crippen LogP contribution < -0.4 is 10.6 Å². The standard InChI is InChI=1S/C17H17F2N3/c1-11-16(13-3-2-4-15(19)9-13)22-17(21-11)20-10-12-5-7-14(18)8-6-12/h2-9,11,16H,10H2,1H3,(H2,20,21,22)/t11?,16-/m0/s1. The number of benzene rings is 2. The van der Waals surface area contributed by atoms with Gasteiger partial charge in [0.2, 0.25) is 0 Å². The van der Waals surface area contributed by atoms with Crippen molar-refractivity contribution in [3.63, 3.8) is 0 Å². The van der Waals surface area contributed by atoms with E-state index in [1.54, 1.807) is 18.2 Å². The molecule has 22 heavy (non-hydrogen) atoms. The molecule has 2 N–H and O–H groups in total. The Hall–Kier alpha value is -2.43. The van der Waals surface area contributed by atoms with Crippen LogP contribution in [0.15, 0.2) is 53.5 Å². The Morgan fingerprint density at radius 2 is 1.77 bits per heavy atom. The molecule has 0 aliphatic carbocycles. The Morgan fingerprint density at radius 3 is 2.50 bits per heavy atom. The van der Waals surface area contributed by atoms with Crippen LogP contribution in [0.1, 0.15) is 24.1 Å². The van der Waals surface area contributed by atoms with E-state index in [-0.39, 0.29) is 23.7 Å². The minimum Gasteiger partial charge on any atom is -0.352 e. The van der Waals surface area contributed by atoms with Crippen molar-refractivity contribution < 1.29 is 8.78 Å². The van der Waals surface area contributed by atoms with Gasteiger partial charge in [0.25, 0.3) is 0 Å². The summed E-state index contributed by atoms with van der Waals surface area (Å²) in [6.07, 6.45) is 0. The second kappa shape index (κ2) is 6.13. The van der Waals surface area contributed by atoms with E-state index < -0.39 is 0 Å². The summed E-state index contributed by atoms with van der Waals surface area (Å²) in [5, 5.41) is 6.51. The third-order valence-corrected chi connectivity index (χ3v) is 3.70. The molecule has 0 aromatic heterocycles. The number of nitrogens with one attached hydrogen (secondary N) is 2. The first-order valence-corrected chi connectivity index (χ1v) is 7.19. The third-order valence-electron chi connectivity index (χ3n) is 3.70. The van der Waals surface area contributed by atoms with Crippen LogP contribution in [-0.2, 0) is 6.54 Å². The molecular formula is C17H17F2N3. The summed E-state index contributed by atoms with van der Waals surface area (Å²) in [6, 6.07) is 12.9. The van der Waals surface area contributed by atoms with E-state index in [4.69, 9.17) is 0 Å². The Balaban J connectivity index is 1.70. The van der Waals surface area contributed by atoms with Crippen molar-refractivity contribution in [2.24, 2.45) is 4.99 Å². The van der Waals surface area contributed by atoms with Gasteiger partial charge in [0.05, 0.1) is 18.6 Å². The van der Waals surface area contributed by atoms with Crippen LogP contribution in [-0.4, -0.2) is 12.0 Å². The lowest BCUT2D eigenvalue weighted by Gasteiger charge is -2.14. The Labute approximate surface area is 128 Å². The van der Waals surface area contributed by atoms with E-state index in [9.17, 15) is 8.78 Å². The maximum atomic E-state index is 13.3. The topological polar surface area (TPSA) is 36.4 Å². The smallest absolute Gasteiger partial charge is 0.192 e. The molecule has 0 saturated carbocycles. The van der Waals surface area contributed by atoms with Crippen molar-refractivity contribution in [1.29, 1.82) is 0 Å². The largest absolute Gasteiger partial charge is 0.352 e. The molecule has 0 radical (unpaired) electrons. The first kappa shape index (κ1) is 14.5. The predicted molar refractivity (Wildman–Crippen MR) is 82.4 cm³/mol. The molecule has 5 heteroatoms. The van der Waals surface area contributed by atoms with E-state index in [2.05, 4.69) is 15.6 Å². The van der Waals surface area contributed by atoms with Crippen molar-refractivity contribution in [3.05, 3.63) is 71.3 Å². The van der Waals surface area contributed by atoms with Crippen molar-refractivity contribution >= 4 is 5.96 Å². The van der Waals surface area contributed by atoms with Gasteiger partial charge in [-0.05, 0) is 42.3 Å².